The van der Waals surface area contributed by atoms with E-state index in [2.05, 4.69) is 20.8 Å². The fourth-order valence-corrected chi connectivity index (χ4v) is 3.93. The summed E-state index contributed by atoms with van der Waals surface area (Å²) in [4.78, 5) is 17.1. The van der Waals surface area contributed by atoms with Crippen LogP contribution in [0.1, 0.15) is 29.8 Å². The van der Waals surface area contributed by atoms with Crippen molar-refractivity contribution in [1.82, 2.24) is 14.4 Å². The molecule has 21 heavy (non-hydrogen) atoms. The molecule has 2 N–H and O–H groups in total. The molecule has 6 heteroatoms. The van der Waals surface area contributed by atoms with Crippen molar-refractivity contribution < 1.29 is 4.79 Å². The molecule has 2 aliphatic heterocycles. The van der Waals surface area contributed by atoms with Crippen molar-refractivity contribution >= 4 is 21.8 Å². The Balaban J connectivity index is 1.61. The lowest BCUT2D eigenvalue weighted by atomic mass is 10.0. The normalized spacial score (nSPS) is 24.7. The summed E-state index contributed by atoms with van der Waals surface area (Å²) >= 11 is 3.43. The van der Waals surface area contributed by atoms with Crippen LogP contribution in [0.15, 0.2) is 16.7 Å². The van der Waals surface area contributed by atoms with Gasteiger partial charge in [-0.25, -0.2) is 0 Å². The zero-order valence-electron chi connectivity index (χ0n) is 12.5. The summed E-state index contributed by atoms with van der Waals surface area (Å²) in [6.45, 7) is 3.85. The molecule has 0 spiro atoms. The molecule has 3 rings (SSSR count). The zero-order valence-corrected chi connectivity index (χ0v) is 14.1. The quantitative estimate of drug-likeness (QED) is 0.873. The van der Waals surface area contributed by atoms with Gasteiger partial charge in [0.05, 0.1) is 0 Å². The van der Waals surface area contributed by atoms with E-state index in [-0.39, 0.29) is 5.91 Å². The van der Waals surface area contributed by atoms with Gasteiger partial charge >= 0.3 is 0 Å². The maximum Gasteiger partial charge on any atom is 0.270 e. The van der Waals surface area contributed by atoms with Gasteiger partial charge in [0, 0.05) is 42.9 Å². The van der Waals surface area contributed by atoms with Crippen molar-refractivity contribution in [3.8, 4) is 0 Å². The van der Waals surface area contributed by atoms with Gasteiger partial charge in [0.1, 0.15) is 5.69 Å². The first kappa shape index (κ1) is 15.1. The molecule has 0 aromatic carbocycles. The number of piperidine rings is 1. The topological polar surface area (TPSA) is 54.5 Å². The molecule has 2 aliphatic rings. The number of rotatable bonds is 2. The molecule has 1 aromatic rings. The summed E-state index contributed by atoms with van der Waals surface area (Å²) in [5.74, 6) is 0.138. The number of hydrogen-bond donors (Lipinski definition) is 1. The van der Waals surface area contributed by atoms with Gasteiger partial charge in [0.2, 0.25) is 0 Å². The molecule has 5 nitrogen and oxygen atoms in total. The number of nitrogens with zero attached hydrogens (tertiary/aromatic N) is 3. The van der Waals surface area contributed by atoms with E-state index in [9.17, 15) is 4.79 Å². The minimum absolute atomic E-state index is 0.138. The molecule has 0 aliphatic carbocycles. The number of carbonyl (C=O) groups excluding carboxylic acids is 1. The van der Waals surface area contributed by atoms with Crippen LogP contribution >= 0.6 is 15.9 Å². The second kappa shape index (κ2) is 6.10. The molecule has 3 heterocycles. The van der Waals surface area contributed by atoms with Gasteiger partial charge in [0.15, 0.2) is 0 Å². The Hall–Kier alpha value is -0.850. The fourth-order valence-electron chi connectivity index (χ4n) is 3.41. The molecule has 1 atom stereocenters. The van der Waals surface area contributed by atoms with Crippen LogP contribution in [0.25, 0.3) is 0 Å². The molecule has 1 unspecified atom stereocenters. The van der Waals surface area contributed by atoms with Crippen LogP contribution < -0.4 is 5.73 Å². The third-order valence-corrected chi connectivity index (χ3v) is 5.17. The van der Waals surface area contributed by atoms with Crippen molar-refractivity contribution in [2.75, 3.05) is 26.2 Å². The van der Waals surface area contributed by atoms with E-state index in [1.165, 1.54) is 0 Å². The van der Waals surface area contributed by atoms with Crippen LogP contribution in [0.5, 0.6) is 0 Å². The third kappa shape index (κ3) is 3.17. The maximum atomic E-state index is 12.6. The van der Waals surface area contributed by atoms with Gasteiger partial charge in [-0.15, -0.1) is 0 Å². The first-order chi connectivity index (χ1) is 10.0. The Labute approximate surface area is 134 Å². The molecule has 2 saturated heterocycles. The van der Waals surface area contributed by atoms with E-state index >= 15 is 0 Å². The number of carbonyl (C=O) groups is 1. The van der Waals surface area contributed by atoms with Gasteiger partial charge in [-0.1, -0.05) is 0 Å². The van der Waals surface area contributed by atoms with E-state index in [4.69, 9.17) is 5.73 Å². The predicted octanol–water partition coefficient (Wildman–Crippen LogP) is 1.43. The molecule has 0 radical (unpaired) electrons. The Morgan fingerprint density at radius 2 is 2.00 bits per heavy atom. The maximum absolute atomic E-state index is 12.6. The summed E-state index contributed by atoms with van der Waals surface area (Å²) in [6.07, 6.45) is 5.16. The largest absolute Gasteiger partial charge is 0.345 e. The molecule has 0 bridgehead atoms. The minimum atomic E-state index is 0.138. The van der Waals surface area contributed by atoms with E-state index in [0.717, 1.165) is 55.6 Å². The summed E-state index contributed by atoms with van der Waals surface area (Å²) in [5, 5.41) is 0. The Morgan fingerprint density at radius 3 is 2.62 bits per heavy atom. The Kier molecular flexibility index (Phi) is 4.38. The smallest absolute Gasteiger partial charge is 0.270 e. The lowest BCUT2D eigenvalue weighted by Crippen LogP contribution is -2.46. The highest BCUT2D eigenvalue weighted by molar-refractivity contribution is 9.10. The number of aromatic nitrogens is 1. The number of likely N-dealkylation sites (tertiary alicyclic amines) is 2. The number of hydrogen-bond acceptors (Lipinski definition) is 3. The predicted molar refractivity (Wildman–Crippen MR) is 86.2 cm³/mol. The van der Waals surface area contributed by atoms with Crippen molar-refractivity contribution in [1.29, 1.82) is 0 Å². The highest BCUT2D eigenvalue weighted by Gasteiger charge is 2.32. The van der Waals surface area contributed by atoms with Crippen LogP contribution in [0.2, 0.25) is 0 Å². The standard InChI is InChI=1S/C15H23BrN4O/c1-18-9-11(16)8-14(18)15(21)20-7-4-13(10-20)19-5-2-12(17)3-6-19/h8-9,12-13H,2-7,10,17H2,1H3. The van der Waals surface area contributed by atoms with Gasteiger partial charge in [0.25, 0.3) is 5.91 Å². The van der Waals surface area contributed by atoms with E-state index < -0.39 is 0 Å². The first-order valence-corrected chi connectivity index (χ1v) is 8.44. The van der Waals surface area contributed by atoms with Gasteiger partial charge < -0.3 is 15.2 Å². The van der Waals surface area contributed by atoms with Crippen molar-refractivity contribution in [2.45, 2.75) is 31.3 Å². The zero-order chi connectivity index (χ0) is 15.0. The highest BCUT2D eigenvalue weighted by Crippen LogP contribution is 2.22. The highest BCUT2D eigenvalue weighted by atomic mass is 79.9. The molecule has 116 valence electrons. The SMILES string of the molecule is Cn1cc(Br)cc1C(=O)N1CCC(N2CCC(N)CC2)C1. The number of aryl methyl sites for hydroxylation is 1. The van der Waals surface area contributed by atoms with Gasteiger partial charge in [-0.2, -0.15) is 0 Å². The van der Waals surface area contributed by atoms with Crippen LogP contribution in [-0.4, -0.2) is 58.5 Å². The lowest BCUT2D eigenvalue weighted by Gasteiger charge is -2.34. The van der Waals surface area contributed by atoms with E-state index in [0.29, 0.717) is 12.1 Å². The van der Waals surface area contributed by atoms with Crippen molar-refractivity contribution in [2.24, 2.45) is 12.8 Å². The Bertz CT molecular complexity index is 522. The van der Waals surface area contributed by atoms with E-state index in [1.54, 1.807) is 0 Å². The molecule has 1 aromatic heterocycles. The third-order valence-electron chi connectivity index (χ3n) is 4.73. The van der Waals surface area contributed by atoms with Crippen LogP contribution in [0, 0.1) is 0 Å². The molecule has 2 fully saturated rings. The summed E-state index contributed by atoms with van der Waals surface area (Å²) in [6, 6.07) is 2.77. The summed E-state index contributed by atoms with van der Waals surface area (Å²) in [7, 11) is 1.91. The average Bonchev–Trinajstić information content (AvgIpc) is 3.06. The first-order valence-electron chi connectivity index (χ1n) is 7.65. The van der Waals surface area contributed by atoms with Crippen molar-refractivity contribution in [3.63, 3.8) is 0 Å². The fraction of sp³-hybridized carbons (Fsp3) is 0.667. The second-order valence-electron chi connectivity index (χ2n) is 6.22. The lowest BCUT2D eigenvalue weighted by molar-refractivity contribution is 0.0760. The van der Waals surface area contributed by atoms with Crippen LogP contribution in [0.4, 0.5) is 0 Å². The van der Waals surface area contributed by atoms with Gasteiger partial charge in [-0.05, 0) is 54.3 Å². The summed E-state index contributed by atoms with van der Waals surface area (Å²) in [5.41, 5.74) is 6.72. The Morgan fingerprint density at radius 1 is 1.29 bits per heavy atom. The monoisotopic (exact) mass is 354 g/mol. The van der Waals surface area contributed by atoms with Crippen molar-refractivity contribution in [3.05, 3.63) is 22.4 Å². The number of amides is 1. The van der Waals surface area contributed by atoms with Gasteiger partial charge in [-0.3, -0.25) is 9.69 Å². The van der Waals surface area contributed by atoms with Crippen LogP contribution in [0.3, 0.4) is 0 Å². The van der Waals surface area contributed by atoms with E-state index in [1.807, 2.05) is 28.8 Å². The molecular formula is C15H23BrN4O. The average molecular weight is 355 g/mol. The minimum Gasteiger partial charge on any atom is -0.345 e. The number of nitrogens with two attached hydrogens (primary N) is 1. The summed E-state index contributed by atoms with van der Waals surface area (Å²) < 4.78 is 2.84. The molecule has 1 amide bonds. The molecule has 0 saturated carbocycles. The van der Waals surface area contributed by atoms with Crippen LogP contribution in [-0.2, 0) is 7.05 Å². The second-order valence-corrected chi connectivity index (χ2v) is 7.14. The number of halogens is 1. The molecular weight excluding hydrogens is 332 g/mol.